The van der Waals surface area contributed by atoms with Crippen LogP contribution in [-0.2, 0) is 23.9 Å². The molecule has 0 unspecified atom stereocenters. The van der Waals surface area contributed by atoms with E-state index in [9.17, 15) is 19.2 Å². The van der Waals surface area contributed by atoms with Crippen molar-refractivity contribution in [3.63, 3.8) is 0 Å². The van der Waals surface area contributed by atoms with Gasteiger partial charge in [-0.25, -0.2) is 5.01 Å². The predicted octanol–water partition coefficient (Wildman–Crippen LogP) is 2.57. The standard InChI is InChI=1S/C21H39N3O7.C2H6/c1-7-17(25)24(11-9-19(28)29)22(6)12-13-31-15-21(4,5)14-23(10-8-18(26)27)20(30)16(2)3;1-2/h16H,7-15H2,1-6H3,(H,26,27)(H,28,29);1-2H3. The molecule has 0 saturated heterocycles. The third-order valence-corrected chi connectivity index (χ3v) is 4.61. The van der Waals surface area contributed by atoms with Crippen molar-refractivity contribution < 1.29 is 34.1 Å². The van der Waals surface area contributed by atoms with Crippen LogP contribution in [0.1, 0.15) is 67.7 Å². The summed E-state index contributed by atoms with van der Waals surface area (Å²) >= 11 is 0. The topological polar surface area (TPSA) is 128 Å². The van der Waals surface area contributed by atoms with Gasteiger partial charge in [-0.05, 0) is 0 Å². The van der Waals surface area contributed by atoms with Crippen molar-refractivity contribution in [2.45, 2.75) is 67.7 Å². The molecule has 194 valence electrons. The molecule has 2 amide bonds. The van der Waals surface area contributed by atoms with E-state index in [1.165, 1.54) is 5.01 Å². The Bertz CT molecular complexity index is 609. The van der Waals surface area contributed by atoms with Crippen molar-refractivity contribution in [1.82, 2.24) is 14.9 Å². The Balaban J connectivity index is 0. The molecule has 0 aromatic heterocycles. The minimum Gasteiger partial charge on any atom is -0.481 e. The first kappa shape index (κ1) is 33.0. The second-order valence-electron chi connectivity index (χ2n) is 8.67. The summed E-state index contributed by atoms with van der Waals surface area (Å²) in [4.78, 5) is 47.8. The van der Waals surface area contributed by atoms with Crippen LogP contribution >= 0.6 is 0 Å². The molecule has 0 atom stereocenters. The molecular formula is C23H45N3O7. The summed E-state index contributed by atoms with van der Waals surface area (Å²) in [6.45, 7) is 14.8. The maximum Gasteiger partial charge on any atom is 0.305 e. The molecule has 0 spiro atoms. The predicted molar refractivity (Wildman–Crippen MR) is 127 cm³/mol. The second-order valence-corrected chi connectivity index (χ2v) is 8.67. The quantitative estimate of drug-likeness (QED) is 0.257. The molecule has 33 heavy (non-hydrogen) atoms. The Morgan fingerprint density at radius 1 is 0.939 bits per heavy atom. The molecule has 2 N–H and O–H groups in total. The number of nitrogens with zero attached hydrogens (tertiary/aromatic N) is 3. The number of ether oxygens (including phenoxy) is 1. The van der Waals surface area contributed by atoms with Crippen molar-refractivity contribution >= 4 is 23.8 Å². The van der Waals surface area contributed by atoms with E-state index in [2.05, 4.69) is 0 Å². The zero-order chi connectivity index (χ0) is 26.2. The average Bonchev–Trinajstić information content (AvgIpc) is 2.74. The molecule has 10 heteroatoms. The zero-order valence-corrected chi connectivity index (χ0v) is 21.7. The monoisotopic (exact) mass is 475 g/mol. The molecule has 0 aliphatic carbocycles. The van der Waals surface area contributed by atoms with Gasteiger partial charge in [-0.3, -0.25) is 24.2 Å². The first-order chi connectivity index (χ1) is 15.3. The minimum atomic E-state index is -0.969. The third kappa shape index (κ3) is 15.3. The van der Waals surface area contributed by atoms with Gasteiger partial charge in [-0.1, -0.05) is 48.5 Å². The SMILES string of the molecule is CC.CCC(=O)N(CCC(=O)O)N(C)CCOCC(C)(C)CN(CCC(=O)O)C(=O)C(C)C. The summed E-state index contributed by atoms with van der Waals surface area (Å²) in [5.74, 6) is -2.41. The Morgan fingerprint density at radius 2 is 1.45 bits per heavy atom. The summed E-state index contributed by atoms with van der Waals surface area (Å²) in [5, 5.41) is 20.9. The molecule has 0 aliphatic rings. The number of carboxylic acid groups (broad SMARTS) is 2. The van der Waals surface area contributed by atoms with Gasteiger partial charge in [0.1, 0.15) is 0 Å². The number of carbonyl (C=O) groups is 4. The number of carbonyl (C=O) groups excluding carboxylic acids is 2. The number of hydrogen-bond donors (Lipinski definition) is 2. The second kappa shape index (κ2) is 17.3. The van der Waals surface area contributed by atoms with E-state index in [0.29, 0.717) is 26.3 Å². The van der Waals surface area contributed by atoms with Crippen LogP contribution in [0.25, 0.3) is 0 Å². The smallest absolute Gasteiger partial charge is 0.305 e. The normalized spacial score (nSPS) is 11.1. The molecule has 0 bridgehead atoms. The number of hydrogen-bond acceptors (Lipinski definition) is 6. The lowest BCUT2D eigenvalue weighted by Gasteiger charge is -2.34. The third-order valence-electron chi connectivity index (χ3n) is 4.61. The van der Waals surface area contributed by atoms with E-state index in [0.717, 1.165) is 0 Å². The molecular weight excluding hydrogens is 430 g/mol. The average molecular weight is 476 g/mol. The first-order valence-corrected chi connectivity index (χ1v) is 11.6. The van der Waals surface area contributed by atoms with Gasteiger partial charge in [0.15, 0.2) is 0 Å². The summed E-state index contributed by atoms with van der Waals surface area (Å²) in [5.41, 5.74) is -0.399. The van der Waals surface area contributed by atoms with Gasteiger partial charge >= 0.3 is 11.9 Å². The molecule has 0 heterocycles. The maximum absolute atomic E-state index is 12.4. The number of carboxylic acids is 2. The van der Waals surface area contributed by atoms with Crippen LogP contribution in [0.3, 0.4) is 0 Å². The Labute approximate surface area is 198 Å². The molecule has 0 aromatic carbocycles. The van der Waals surface area contributed by atoms with Crippen LogP contribution in [0.2, 0.25) is 0 Å². The number of likely N-dealkylation sites (N-methyl/N-ethyl adjacent to an activating group) is 1. The highest BCUT2D eigenvalue weighted by atomic mass is 16.5. The van der Waals surface area contributed by atoms with Crippen LogP contribution in [0.4, 0.5) is 0 Å². The fraction of sp³-hybridized carbons (Fsp3) is 0.826. The lowest BCUT2D eigenvalue weighted by Crippen LogP contribution is -2.47. The first-order valence-electron chi connectivity index (χ1n) is 11.6. The summed E-state index contributed by atoms with van der Waals surface area (Å²) in [7, 11) is 1.71. The Kier molecular flexibility index (Phi) is 17.3. The van der Waals surface area contributed by atoms with Gasteiger partial charge in [-0.2, -0.15) is 0 Å². The summed E-state index contributed by atoms with van der Waals surface area (Å²) in [6.07, 6.45) is 0.0196. The van der Waals surface area contributed by atoms with E-state index >= 15 is 0 Å². The van der Waals surface area contributed by atoms with Crippen LogP contribution in [0.5, 0.6) is 0 Å². The molecule has 0 aromatic rings. The van der Waals surface area contributed by atoms with Gasteiger partial charge < -0.3 is 19.8 Å². The fourth-order valence-electron chi connectivity index (χ4n) is 2.96. The minimum absolute atomic E-state index is 0.0961. The zero-order valence-electron chi connectivity index (χ0n) is 21.7. The highest BCUT2D eigenvalue weighted by molar-refractivity contribution is 5.79. The fourth-order valence-corrected chi connectivity index (χ4v) is 2.96. The van der Waals surface area contributed by atoms with Crippen LogP contribution in [0.15, 0.2) is 0 Å². The van der Waals surface area contributed by atoms with E-state index in [1.54, 1.807) is 37.7 Å². The van der Waals surface area contributed by atoms with Crippen molar-refractivity contribution in [2.24, 2.45) is 11.3 Å². The molecule has 0 fully saturated rings. The number of hydrazine groups is 1. The van der Waals surface area contributed by atoms with Gasteiger partial charge in [-0.15, -0.1) is 0 Å². The highest BCUT2D eigenvalue weighted by Gasteiger charge is 2.27. The number of rotatable bonds is 16. The van der Waals surface area contributed by atoms with E-state index < -0.39 is 17.4 Å². The lowest BCUT2D eigenvalue weighted by molar-refractivity contribution is -0.150. The van der Waals surface area contributed by atoms with Gasteiger partial charge in [0.05, 0.1) is 26.1 Å². The maximum atomic E-state index is 12.4. The van der Waals surface area contributed by atoms with Crippen molar-refractivity contribution in [3.8, 4) is 0 Å². The molecule has 0 saturated carbocycles. The highest BCUT2D eigenvalue weighted by Crippen LogP contribution is 2.19. The van der Waals surface area contributed by atoms with E-state index in [1.807, 2.05) is 27.7 Å². The Morgan fingerprint density at radius 3 is 1.91 bits per heavy atom. The summed E-state index contributed by atoms with van der Waals surface area (Å²) < 4.78 is 5.77. The van der Waals surface area contributed by atoms with Gasteiger partial charge in [0.2, 0.25) is 11.8 Å². The van der Waals surface area contributed by atoms with Crippen LogP contribution in [0, 0.1) is 11.3 Å². The lowest BCUT2D eigenvalue weighted by atomic mass is 9.93. The van der Waals surface area contributed by atoms with Gasteiger partial charge in [0, 0.05) is 51.0 Å². The molecule has 0 rings (SSSR count). The largest absolute Gasteiger partial charge is 0.481 e. The van der Waals surface area contributed by atoms with Crippen molar-refractivity contribution in [1.29, 1.82) is 0 Å². The van der Waals surface area contributed by atoms with Gasteiger partial charge in [0.25, 0.3) is 0 Å². The van der Waals surface area contributed by atoms with E-state index in [-0.39, 0.29) is 50.1 Å². The Hall–Kier alpha value is -2.20. The van der Waals surface area contributed by atoms with Crippen molar-refractivity contribution in [3.05, 3.63) is 0 Å². The number of amides is 2. The van der Waals surface area contributed by atoms with Crippen molar-refractivity contribution in [2.75, 3.05) is 46.4 Å². The summed E-state index contributed by atoms with van der Waals surface area (Å²) in [6, 6.07) is 0. The molecule has 0 aliphatic heterocycles. The van der Waals surface area contributed by atoms with E-state index in [4.69, 9.17) is 14.9 Å². The van der Waals surface area contributed by atoms with Crippen LogP contribution < -0.4 is 0 Å². The molecule has 10 nitrogen and oxygen atoms in total. The van der Waals surface area contributed by atoms with Crippen LogP contribution in [-0.4, -0.2) is 95.3 Å². The number of aliphatic carboxylic acids is 2. The molecule has 0 radical (unpaired) electrons.